The summed E-state index contributed by atoms with van der Waals surface area (Å²) >= 11 is 9.38. The number of Topliss-reactive ketones (excluding diaryl/α,β-unsaturated/α-hetero) is 1. The van der Waals surface area contributed by atoms with Gasteiger partial charge >= 0.3 is 11.9 Å². The van der Waals surface area contributed by atoms with Gasteiger partial charge in [0.15, 0.2) is 6.10 Å². The van der Waals surface area contributed by atoms with E-state index in [1.54, 1.807) is 31.2 Å². The third kappa shape index (κ3) is 2.61. The standard InChI is InChI=1S/C18H16BrClO5/c1-7(15(21)8-2-4-9(20)5-3-8)24-17(22)12-10-6-11-13(12)18(23)25-16(11)14(10)19/h2-5,7,10-14,16H,6H2,1H3/t7-,10+,11+,12+,13+,14-,16-/m0/s1. The molecule has 0 aromatic heterocycles. The Morgan fingerprint density at radius 3 is 2.64 bits per heavy atom. The molecule has 1 aromatic rings. The third-order valence-electron chi connectivity index (χ3n) is 5.59. The molecule has 7 atom stereocenters. The van der Waals surface area contributed by atoms with Gasteiger partial charge in [0.2, 0.25) is 5.78 Å². The molecule has 2 aliphatic carbocycles. The highest BCUT2D eigenvalue weighted by Crippen LogP contribution is 2.60. The van der Waals surface area contributed by atoms with E-state index in [2.05, 4.69) is 15.9 Å². The van der Waals surface area contributed by atoms with Crippen molar-refractivity contribution in [2.24, 2.45) is 23.7 Å². The van der Waals surface area contributed by atoms with E-state index in [1.807, 2.05) is 0 Å². The molecule has 132 valence electrons. The number of carbonyl (C=O) groups excluding carboxylic acids is 3. The fourth-order valence-corrected chi connectivity index (χ4v) is 5.62. The summed E-state index contributed by atoms with van der Waals surface area (Å²) in [7, 11) is 0. The largest absolute Gasteiger partial charge is 0.461 e. The molecule has 1 saturated heterocycles. The van der Waals surface area contributed by atoms with E-state index in [1.165, 1.54) is 0 Å². The van der Waals surface area contributed by atoms with Crippen molar-refractivity contribution in [2.75, 3.05) is 0 Å². The van der Waals surface area contributed by atoms with Crippen LogP contribution in [0.25, 0.3) is 0 Å². The Kier molecular flexibility index (Phi) is 4.15. The van der Waals surface area contributed by atoms with Gasteiger partial charge < -0.3 is 9.47 Å². The number of hydrogen-bond donors (Lipinski definition) is 0. The zero-order valence-electron chi connectivity index (χ0n) is 13.4. The number of carbonyl (C=O) groups is 3. The summed E-state index contributed by atoms with van der Waals surface area (Å²) in [5, 5.41) is 0.529. The Morgan fingerprint density at radius 1 is 1.28 bits per heavy atom. The summed E-state index contributed by atoms with van der Waals surface area (Å²) in [6.45, 7) is 1.55. The molecule has 1 aromatic carbocycles. The zero-order chi connectivity index (χ0) is 17.9. The van der Waals surface area contributed by atoms with Crippen molar-refractivity contribution in [1.82, 2.24) is 0 Å². The zero-order valence-corrected chi connectivity index (χ0v) is 15.7. The second-order valence-electron chi connectivity index (χ2n) is 6.91. The number of ether oxygens (including phenoxy) is 2. The lowest BCUT2D eigenvalue weighted by molar-refractivity contribution is -0.157. The van der Waals surface area contributed by atoms with Crippen LogP contribution in [0.15, 0.2) is 24.3 Å². The van der Waals surface area contributed by atoms with Gasteiger partial charge in [0, 0.05) is 16.5 Å². The van der Waals surface area contributed by atoms with E-state index in [0.717, 1.165) is 6.42 Å². The lowest BCUT2D eigenvalue weighted by Crippen LogP contribution is -2.40. The minimum atomic E-state index is -0.921. The maximum atomic E-state index is 12.7. The maximum absolute atomic E-state index is 12.7. The first-order valence-corrected chi connectivity index (χ1v) is 9.52. The Balaban J connectivity index is 1.48. The molecule has 2 saturated carbocycles. The minimum absolute atomic E-state index is 0.0109. The molecule has 5 nitrogen and oxygen atoms in total. The topological polar surface area (TPSA) is 69.7 Å². The number of fused-ring (bicyclic) bond motifs is 1. The highest BCUT2D eigenvalue weighted by Gasteiger charge is 2.68. The van der Waals surface area contributed by atoms with Crippen molar-refractivity contribution in [1.29, 1.82) is 0 Å². The van der Waals surface area contributed by atoms with Crippen LogP contribution in [-0.4, -0.2) is 34.8 Å². The second-order valence-corrected chi connectivity index (χ2v) is 8.40. The average molecular weight is 428 g/mol. The second kappa shape index (κ2) is 6.09. The van der Waals surface area contributed by atoms with Gasteiger partial charge in [-0.05, 0) is 43.5 Å². The fraction of sp³-hybridized carbons (Fsp3) is 0.500. The van der Waals surface area contributed by atoms with Gasteiger partial charge in [-0.2, -0.15) is 0 Å². The molecule has 3 aliphatic rings. The monoisotopic (exact) mass is 426 g/mol. The number of benzene rings is 1. The molecule has 0 unspecified atom stereocenters. The average Bonchev–Trinajstić information content (AvgIpc) is 3.19. The number of alkyl halides is 1. The van der Waals surface area contributed by atoms with Gasteiger partial charge in [-0.1, -0.05) is 27.5 Å². The Morgan fingerprint density at radius 2 is 1.96 bits per heavy atom. The molecule has 0 amide bonds. The van der Waals surface area contributed by atoms with E-state index in [9.17, 15) is 14.4 Å². The van der Waals surface area contributed by atoms with E-state index >= 15 is 0 Å². The highest BCUT2D eigenvalue weighted by atomic mass is 79.9. The molecule has 4 rings (SSSR count). The number of rotatable bonds is 4. The van der Waals surface area contributed by atoms with Crippen molar-refractivity contribution in [2.45, 2.75) is 30.4 Å². The van der Waals surface area contributed by atoms with Crippen molar-refractivity contribution < 1.29 is 23.9 Å². The van der Waals surface area contributed by atoms with Crippen LogP contribution in [0, 0.1) is 23.7 Å². The van der Waals surface area contributed by atoms with Crippen LogP contribution < -0.4 is 0 Å². The van der Waals surface area contributed by atoms with E-state index in [4.69, 9.17) is 21.1 Å². The summed E-state index contributed by atoms with van der Waals surface area (Å²) < 4.78 is 10.8. The molecule has 1 heterocycles. The smallest absolute Gasteiger partial charge is 0.310 e. The predicted molar refractivity (Wildman–Crippen MR) is 92.5 cm³/mol. The van der Waals surface area contributed by atoms with Gasteiger partial charge in [-0.3, -0.25) is 14.4 Å². The highest BCUT2D eigenvalue weighted by molar-refractivity contribution is 9.09. The first-order valence-electron chi connectivity index (χ1n) is 8.23. The molecule has 25 heavy (non-hydrogen) atoms. The van der Waals surface area contributed by atoms with Crippen LogP contribution >= 0.6 is 27.5 Å². The first kappa shape index (κ1) is 17.0. The van der Waals surface area contributed by atoms with Crippen LogP contribution in [0.5, 0.6) is 0 Å². The molecule has 2 bridgehead atoms. The SMILES string of the molecule is C[C@H](OC(=O)[C@@H]1[C@H]2C[C@H]3[C@H](OC(=O)[C@H]31)[C@H]2Br)C(=O)c1ccc(Cl)cc1. The third-order valence-corrected chi connectivity index (χ3v) is 7.04. The summed E-state index contributed by atoms with van der Waals surface area (Å²) in [5.41, 5.74) is 0.427. The van der Waals surface area contributed by atoms with Gasteiger partial charge in [0.25, 0.3) is 0 Å². The summed E-state index contributed by atoms with van der Waals surface area (Å²) in [6, 6.07) is 6.42. The predicted octanol–water partition coefficient (Wildman–Crippen LogP) is 3.03. The van der Waals surface area contributed by atoms with E-state index in [0.29, 0.717) is 10.6 Å². The number of hydrogen-bond acceptors (Lipinski definition) is 5. The molecule has 0 spiro atoms. The van der Waals surface area contributed by atoms with Crippen molar-refractivity contribution >= 4 is 45.3 Å². The molecule has 7 heteroatoms. The summed E-state index contributed by atoms with van der Waals surface area (Å²) in [6.07, 6.45) is -0.287. The minimum Gasteiger partial charge on any atom is -0.461 e. The van der Waals surface area contributed by atoms with E-state index < -0.39 is 23.9 Å². The molecule has 1 aliphatic heterocycles. The molecule has 0 N–H and O–H groups in total. The van der Waals surface area contributed by atoms with Crippen molar-refractivity contribution in [3.05, 3.63) is 34.9 Å². The number of ketones is 1. The lowest BCUT2D eigenvalue weighted by atomic mass is 9.80. The lowest BCUT2D eigenvalue weighted by Gasteiger charge is -2.27. The van der Waals surface area contributed by atoms with Crippen molar-refractivity contribution in [3.63, 3.8) is 0 Å². The summed E-state index contributed by atoms with van der Waals surface area (Å²) in [4.78, 5) is 37.2. The van der Waals surface area contributed by atoms with E-state index in [-0.39, 0.29) is 34.5 Å². The van der Waals surface area contributed by atoms with Crippen LogP contribution in [0.4, 0.5) is 0 Å². The quantitative estimate of drug-likeness (QED) is 0.420. The normalized spacial score (nSPS) is 36.2. The molecular formula is C18H16BrClO5. The number of halogens is 2. The van der Waals surface area contributed by atoms with Crippen LogP contribution in [-0.2, 0) is 19.1 Å². The fourth-order valence-electron chi connectivity index (χ4n) is 4.45. The molecular weight excluding hydrogens is 412 g/mol. The maximum Gasteiger partial charge on any atom is 0.310 e. The molecule has 0 radical (unpaired) electrons. The van der Waals surface area contributed by atoms with Gasteiger partial charge in [-0.25, -0.2) is 0 Å². The Bertz CT molecular complexity index is 748. The van der Waals surface area contributed by atoms with Crippen LogP contribution in [0.2, 0.25) is 5.02 Å². The van der Waals surface area contributed by atoms with Crippen LogP contribution in [0.3, 0.4) is 0 Å². The van der Waals surface area contributed by atoms with Gasteiger partial charge in [-0.15, -0.1) is 0 Å². The van der Waals surface area contributed by atoms with Crippen LogP contribution in [0.1, 0.15) is 23.7 Å². The van der Waals surface area contributed by atoms with Gasteiger partial charge in [0.1, 0.15) is 6.10 Å². The van der Waals surface area contributed by atoms with Crippen molar-refractivity contribution in [3.8, 4) is 0 Å². The number of esters is 2. The first-order chi connectivity index (χ1) is 11.9. The summed E-state index contributed by atoms with van der Waals surface area (Å²) in [5.74, 6) is -2.00. The molecule has 3 fully saturated rings. The Hall–Kier alpha value is -1.40. The Labute approximate surface area is 158 Å². The van der Waals surface area contributed by atoms with Gasteiger partial charge in [0.05, 0.1) is 16.7 Å².